The molecule has 1 N–H and O–H groups in total. The maximum absolute atomic E-state index is 11.1. The number of hydrogen-bond acceptors (Lipinski definition) is 3. The summed E-state index contributed by atoms with van der Waals surface area (Å²) >= 11 is 0. The van der Waals surface area contributed by atoms with Crippen molar-refractivity contribution in [2.24, 2.45) is 0 Å². The van der Waals surface area contributed by atoms with Crippen molar-refractivity contribution in [1.29, 1.82) is 0 Å². The SMILES string of the molecule is C=CC(=C)OCCCOC(=O)NCCCC. The molecule has 0 bridgehead atoms. The van der Waals surface area contributed by atoms with Gasteiger partial charge in [-0.15, -0.1) is 0 Å². The molecule has 1 amide bonds. The summed E-state index contributed by atoms with van der Waals surface area (Å²) in [6.45, 7) is 10.7. The van der Waals surface area contributed by atoms with E-state index in [1.54, 1.807) is 0 Å². The molecule has 0 fully saturated rings. The van der Waals surface area contributed by atoms with Crippen LogP contribution >= 0.6 is 0 Å². The lowest BCUT2D eigenvalue weighted by Crippen LogP contribution is -2.25. The van der Waals surface area contributed by atoms with Crippen molar-refractivity contribution in [2.75, 3.05) is 19.8 Å². The fraction of sp³-hybridized carbons (Fsp3) is 0.583. The highest BCUT2D eigenvalue weighted by molar-refractivity contribution is 5.66. The summed E-state index contributed by atoms with van der Waals surface area (Å²) in [6, 6.07) is 0. The molecule has 92 valence electrons. The minimum absolute atomic E-state index is 0.350. The number of ether oxygens (including phenoxy) is 2. The first kappa shape index (κ1) is 14.6. The Kier molecular flexibility index (Phi) is 9.17. The normalized spacial score (nSPS) is 9.31. The Bertz CT molecular complexity index is 226. The Hall–Kier alpha value is -1.45. The van der Waals surface area contributed by atoms with Crippen LogP contribution in [0.1, 0.15) is 26.2 Å². The highest BCUT2D eigenvalue weighted by Gasteiger charge is 1.99. The molecule has 4 nitrogen and oxygen atoms in total. The van der Waals surface area contributed by atoms with Crippen molar-refractivity contribution in [3.63, 3.8) is 0 Å². The molecular weight excluding hydrogens is 206 g/mol. The van der Waals surface area contributed by atoms with Crippen molar-refractivity contribution < 1.29 is 14.3 Å². The first-order valence-electron chi connectivity index (χ1n) is 5.55. The van der Waals surface area contributed by atoms with Crippen molar-refractivity contribution in [3.05, 3.63) is 25.0 Å². The Balaban J connectivity index is 3.27. The van der Waals surface area contributed by atoms with Crippen molar-refractivity contribution in [2.45, 2.75) is 26.2 Å². The summed E-state index contributed by atoms with van der Waals surface area (Å²) < 4.78 is 10.1. The van der Waals surface area contributed by atoms with Crippen LogP contribution in [0.15, 0.2) is 25.0 Å². The summed E-state index contributed by atoms with van der Waals surface area (Å²) in [5.41, 5.74) is 0. The second kappa shape index (κ2) is 10.1. The van der Waals surface area contributed by atoms with Crippen LogP contribution in [0.4, 0.5) is 4.79 Å². The number of carbonyl (C=O) groups is 1. The average Bonchev–Trinajstić information content (AvgIpc) is 2.28. The molecule has 0 aliphatic rings. The molecule has 0 aromatic rings. The van der Waals surface area contributed by atoms with Gasteiger partial charge in [-0.1, -0.05) is 26.5 Å². The van der Waals surface area contributed by atoms with Crippen LogP contribution < -0.4 is 5.32 Å². The van der Waals surface area contributed by atoms with E-state index in [1.165, 1.54) is 6.08 Å². The molecular formula is C12H21NO3. The van der Waals surface area contributed by atoms with Gasteiger partial charge in [-0.05, 0) is 12.5 Å². The summed E-state index contributed by atoms with van der Waals surface area (Å²) in [5.74, 6) is 0.535. The van der Waals surface area contributed by atoms with E-state index in [2.05, 4.69) is 25.4 Å². The molecule has 0 aromatic heterocycles. The maximum Gasteiger partial charge on any atom is 0.407 e. The molecule has 0 rings (SSSR count). The topological polar surface area (TPSA) is 47.6 Å². The number of amides is 1. The van der Waals surface area contributed by atoms with Gasteiger partial charge in [-0.2, -0.15) is 0 Å². The van der Waals surface area contributed by atoms with Crippen molar-refractivity contribution in [1.82, 2.24) is 5.32 Å². The van der Waals surface area contributed by atoms with Crippen molar-refractivity contribution in [3.8, 4) is 0 Å². The van der Waals surface area contributed by atoms with Gasteiger partial charge in [0.05, 0.1) is 13.2 Å². The van der Waals surface area contributed by atoms with E-state index in [9.17, 15) is 4.79 Å². The zero-order valence-electron chi connectivity index (χ0n) is 9.96. The van der Waals surface area contributed by atoms with Gasteiger partial charge in [0.1, 0.15) is 5.76 Å². The zero-order chi connectivity index (χ0) is 12.2. The zero-order valence-corrected chi connectivity index (χ0v) is 9.96. The fourth-order valence-electron chi connectivity index (χ4n) is 0.904. The second-order valence-electron chi connectivity index (χ2n) is 3.29. The van der Waals surface area contributed by atoms with Gasteiger partial charge in [0.25, 0.3) is 0 Å². The number of alkyl carbamates (subject to hydrolysis) is 1. The molecule has 0 saturated heterocycles. The molecule has 0 spiro atoms. The number of nitrogens with one attached hydrogen (secondary N) is 1. The highest BCUT2D eigenvalue weighted by atomic mass is 16.5. The van der Waals surface area contributed by atoms with Crippen molar-refractivity contribution >= 4 is 6.09 Å². The molecule has 0 saturated carbocycles. The Morgan fingerprint density at radius 3 is 2.62 bits per heavy atom. The van der Waals surface area contributed by atoms with Gasteiger partial charge < -0.3 is 14.8 Å². The number of carbonyl (C=O) groups excluding carboxylic acids is 1. The van der Waals surface area contributed by atoms with Gasteiger partial charge in [-0.25, -0.2) is 4.79 Å². The van der Waals surface area contributed by atoms with Gasteiger partial charge >= 0.3 is 6.09 Å². The molecule has 0 aromatic carbocycles. The van der Waals surface area contributed by atoms with Gasteiger partial charge in [0.15, 0.2) is 0 Å². The lowest BCUT2D eigenvalue weighted by molar-refractivity contribution is 0.129. The molecule has 0 aliphatic carbocycles. The third-order valence-corrected chi connectivity index (χ3v) is 1.84. The van der Waals surface area contributed by atoms with E-state index in [0.29, 0.717) is 31.9 Å². The lowest BCUT2D eigenvalue weighted by Gasteiger charge is -2.07. The van der Waals surface area contributed by atoms with E-state index >= 15 is 0 Å². The molecule has 0 atom stereocenters. The summed E-state index contributed by atoms with van der Waals surface area (Å²) in [7, 11) is 0. The van der Waals surface area contributed by atoms with E-state index in [-0.39, 0.29) is 6.09 Å². The molecule has 0 aliphatic heterocycles. The van der Waals surface area contributed by atoms with Gasteiger partial charge in [-0.3, -0.25) is 0 Å². The van der Waals surface area contributed by atoms with Crippen LogP contribution in [0.25, 0.3) is 0 Å². The van der Waals surface area contributed by atoms with Crippen LogP contribution in [0, 0.1) is 0 Å². The highest BCUT2D eigenvalue weighted by Crippen LogP contribution is 1.95. The van der Waals surface area contributed by atoms with E-state index in [4.69, 9.17) is 9.47 Å². The van der Waals surface area contributed by atoms with Crippen LogP contribution in [0.3, 0.4) is 0 Å². The quantitative estimate of drug-likeness (QED) is 0.374. The molecule has 0 heterocycles. The number of rotatable bonds is 9. The Morgan fingerprint density at radius 2 is 2.00 bits per heavy atom. The Morgan fingerprint density at radius 1 is 1.31 bits per heavy atom. The van der Waals surface area contributed by atoms with Gasteiger partial charge in [0, 0.05) is 13.0 Å². The third kappa shape index (κ3) is 9.12. The summed E-state index contributed by atoms with van der Waals surface area (Å²) in [6.07, 6.45) is 3.85. The predicted molar refractivity (Wildman–Crippen MR) is 64.2 cm³/mol. The largest absolute Gasteiger partial charge is 0.494 e. The van der Waals surface area contributed by atoms with Gasteiger partial charge in [0.2, 0.25) is 0 Å². The van der Waals surface area contributed by atoms with Crippen LogP contribution in [-0.2, 0) is 9.47 Å². The predicted octanol–water partition coefficient (Wildman–Crippen LogP) is 2.62. The number of allylic oxidation sites excluding steroid dienone is 1. The summed E-state index contributed by atoms with van der Waals surface area (Å²) in [4.78, 5) is 11.1. The molecule has 0 radical (unpaired) electrons. The lowest BCUT2D eigenvalue weighted by atomic mass is 10.3. The smallest absolute Gasteiger partial charge is 0.407 e. The Labute approximate surface area is 97.3 Å². The number of hydrogen-bond donors (Lipinski definition) is 1. The standard InChI is InChI=1S/C12H21NO3/c1-4-6-8-13-12(14)16-10-7-9-15-11(3)5-2/h5H,2-4,6-10H2,1H3,(H,13,14). The van der Waals surface area contributed by atoms with Crippen LogP contribution in [0.5, 0.6) is 0 Å². The first-order chi connectivity index (χ1) is 7.70. The summed E-state index contributed by atoms with van der Waals surface area (Å²) in [5, 5.41) is 2.66. The van der Waals surface area contributed by atoms with E-state index in [0.717, 1.165) is 12.8 Å². The average molecular weight is 227 g/mol. The monoisotopic (exact) mass is 227 g/mol. The second-order valence-corrected chi connectivity index (χ2v) is 3.29. The van der Waals surface area contributed by atoms with E-state index < -0.39 is 0 Å². The third-order valence-electron chi connectivity index (χ3n) is 1.84. The molecule has 4 heteroatoms. The van der Waals surface area contributed by atoms with E-state index in [1.807, 2.05) is 0 Å². The minimum atomic E-state index is -0.365. The minimum Gasteiger partial charge on any atom is -0.494 e. The maximum atomic E-state index is 11.1. The molecule has 16 heavy (non-hydrogen) atoms. The van der Waals surface area contributed by atoms with Crippen LogP contribution in [0.2, 0.25) is 0 Å². The number of unbranched alkanes of at least 4 members (excludes halogenated alkanes) is 1. The first-order valence-corrected chi connectivity index (χ1v) is 5.55. The van der Waals surface area contributed by atoms with Crippen LogP contribution in [-0.4, -0.2) is 25.9 Å². The fourth-order valence-corrected chi connectivity index (χ4v) is 0.904. The molecule has 0 unspecified atom stereocenters.